The van der Waals surface area contributed by atoms with Crippen molar-refractivity contribution < 1.29 is 9.18 Å². The number of carbonyl (C=O) groups is 1. The number of hydrogen-bond donors (Lipinski definition) is 0. The number of alkyl halides is 1. The molecule has 0 aromatic heterocycles. The summed E-state index contributed by atoms with van der Waals surface area (Å²) in [6, 6.07) is 3.85. The summed E-state index contributed by atoms with van der Waals surface area (Å²) in [4.78, 5) is 14.1. The summed E-state index contributed by atoms with van der Waals surface area (Å²) in [7, 11) is 0. The molecule has 98 valence electrons. The Kier molecular flexibility index (Phi) is 4.13. The van der Waals surface area contributed by atoms with E-state index in [2.05, 4.69) is 6.92 Å². The lowest BCUT2D eigenvalue weighted by Gasteiger charge is -2.25. The zero-order valence-corrected chi connectivity index (χ0v) is 11.5. The second-order valence-electron chi connectivity index (χ2n) is 4.61. The predicted octanol–water partition coefficient (Wildman–Crippen LogP) is 3.57. The quantitative estimate of drug-likeness (QED) is 0.762. The molecule has 0 bridgehead atoms. The number of hydrogen-bond acceptors (Lipinski definition) is 1. The van der Waals surface area contributed by atoms with Gasteiger partial charge >= 0.3 is 0 Å². The fraction of sp³-hybridized carbons (Fsp3) is 0.462. The van der Waals surface area contributed by atoms with Crippen LogP contribution in [0.25, 0.3) is 0 Å². The molecular formula is C13H14Cl2FNO. The van der Waals surface area contributed by atoms with Crippen molar-refractivity contribution in [3.8, 4) is 0 Å². The minimum Gasteiger partial charge on any atom is -0.334 e. The van der Waals surface area contributed by atoms with E-state index in [4.69, 9.17) is 23.2 Å². The summed E-state index contributed by atoms with van der Waals surface area (Å²) < 4.78 is 13.0. The molecule has 0 spiro atoms. The maximum Gasteiger partial charge on any atom is 0.255 e. The first-order valence-electron chi connectivity index (χ1n) is 5.86. The SMILES string of the molecule is CC1CCN(C(=O)c2ccc(F)cc2Cl)C1CCl. The molecule has 1 amide bonds. The third kappa shape index (κ3) is 2.47. The number of likely N-dealkylation sites (tertiary alicyclic amines) is 1. The molecule has 5 heteroatoms. The van der Waals surface area contributed by atoms with Crippen molar-refractivity contribution >= 4 is 29.1 Å². The van der Waals surface area contributed by atoms with Crippen molar-refractivity contribution in [3.05, 3.63) is 34.6 Å². The zero-order valence-electron chi connectivity index (χ0n) is 10.00. The molecule has 0 N–H and O–H groups in total. The Labute approximate surface area is 116 Å². The largest absolute Gasteiger partial charge is 0.334 e. The van der Waals surface area contributed by atoms with E-state index in [0.29, 0.717) is 23.9 Å². The van der Waals surface area contributed by atoms with Crippen LogP contribution in [0.15, 0.2) is 18.2 Å². The molecule has 2 atom stereocenters. The maximum atomic E-state index is 13.0. The van der Waals surface area contributed by atoms with Gasteiger partial charge in [0, 0.05) is 18.5 Å². The molecule has 1 aliphatic heterocycles. The molecule has 1 aliphatic rings. The molecule has 2 nitrogen and oxygen atoms in total. The molecule has 0 aliphatic carbocycles. The van der Waals surface area contributed by atoms with Crippen molar-refractivity contribution in [1.82, 2.24) is 4.90 Å². The number of nitrogens with zero attached hydrogens (tertiary/aromatic N) is 1. The Bertz CT molecular complexity index is 466. The van der Waals surface area contributed by atoms with Crippen LogP contribution in [0.2, 0.25) is 5.02 Å². The van der Waals surface area contributed by atoms with Crippen LogP contribution in [-0.2, 0) is 0 Å². The standard InChI is InChI=1S/C13H14Cl2FNO/c1-8-4-5-17(12(8)7-14)13(18)10-3-2-9(16)6-11(10)15/h2-3,6,8,12H,4-5,7H2,1H3. The topological polar surface area (TPSA) is 20.3 Å². The number of rotatable bonds is 2. The average Bonchev–Trinajstić information content (AvgIpc) is 2.69. The third-order valence-corrected chi connectivity index (χ3v) is 4.09. The van der Waals surface area contributed by atoms with Crippen LogP contribution in [0.4, 0.5) is 4.39 Å². The smallest absolute Gasteiger partial charge is 0.255 e. The summed E-state index contributed by atoms with van der Waals surface area (Å²) in [5.41, 5.74) is 0.335. The second kappa shape index (κ2) is 5.45. The van der Waals surface area contributed by atoms with Crippen molar-refractivity contribution in [3.63, 3.8) is 0 Å². The first kappa shape index (κ1) is 13.6. The van der Waals surface area contributed by atoms with Crippen LogP contribution >= 0.6 is 23.2 Å². The summed E-state index contributed by atoms with van der Waals surface area (Å²) in [5.74, 6) is 0.173. The Balaban J connectivity index is 2.26. The molecular weight excluding hydrogens is 276 g/mol. The van der Waals surface area contributed by atoms with Gasteiger partial charge in [-0.2, -0.15) is 0 Å². The van der Waals surface area contributed by atoms with Gasteiger partial charge in [0.05, 0.1) is 10.6 Å². The van der Waals surface area contributed by atoms with Crippen LogP contribution in [0.1, 0.15) is 23.7 Å². The van der Waals surface area contributed by atoms with Gasteiger partial charge < -0.3 is 4.90 Å². The second-order valence-corrected chi connectivity index (χ2v) is 5.33. The lowest BCUT2D eigenvalue weighted by molar-refractivity contribution is 0.0737. The summed E-state index contributed by atoms with van der Waals surface area (Å²) in [6.07, 6.45) is 0.932. The fourth-order valence-electron chi connectivity index (χ4n) is 2.31. The zero-order chi connectivity index (χ0) is 13.3. The molecule has 1 saturated heterocycles. The monoisotopic (exact) mass is 289 g/mol. The highest BCUT2D eigenvalue weighted by Gasteiger charge is 2.34. The van der Waals surface area contributed by atoms with E-state index in [1.54, 1.807) is 4.90 Å². The normalized spacial score (nSPS) is 23.4. The summed E-state index contributed by atoms with van der Waals surface area (Å²) >= 11 is 11.8. The molecule has 18 heavy (non-hydrogen) atoms. The number of amides is 1. The van der Waals surface area contributed by atoms with Gasteiger partial charge in [-0.05, 0) is 30.5 Å². The molecule has 1 aromatic rings. The van der Waals surface area contributed by atoms with Crippen molar-refractivity contribution in [2.75, 3.05) is 12.4 Å². The molecule has 2 rings (SSSR count). The number of benzene rings is 1. The van der Waals surface area contributed by atoms with Gasteiger partial charge in [0.1, 0.15) is 5.82 Å². The molecule has 1 fully saturated rings. The number of carbonyl (C=O) groups excluding carboxylic acids is 1. The van der Waals surface area contributed by atoms with Crippen LogP contribution in [0, 0.1) is 11.7 Å². The Morgan fingerprint density at radius 1 is 1.56 bits per heavy atom. The maximum absolute atomic E-state index is 13.0. The van der Waals surface area contributed by atoms with Gasteiger partial charge in [-0.25, -0.2) is 4.39 Å². The van der Waals surface area contributed by atoms with E-state index >= 15 is 0 Å². The minimum atomic E-state index is -0.444. The number of halogens is 3. The molecule has 1 heterocycles. The van der Waals surface area contributed by atoms with Crippen LogP contribution in [-0.4, -0.2) is 29.3 Å². The lowest BCUT2D eigenvalue weighted by atomic mass is 10.0. The molecule has 0 saturated carbocycles. The average molecular weight is 290 g/mol. The van der Waals surface area contributed by atoms with E-state index < -0.39 is 5.82 Å². The predicted molar refractivity (Wildman–Crippen MR) is 70.7 cm³/mol. The van der Waals surface area contributed by atoms with Crippen LogP contribution < -0.4 is 0 Å². The molecule has 0 radical (unpaired) electrons. The van der Waals surface area contributed by atoms with E-state index in [0.717, 1.165) is 12.5 Å². The van der Waals surface area contributed by atoms with Gasteiger partial charge in [-0.15, -0.1) is 11.6 Å². The van der Waals surface area contributed by atoms with Gasteiger partial charge in [0.25, 0.3) is 5.91 Å². The molecule has 1 aromatic carbocycles. The fourth-order valence-corrected chi connectivity index (χ4v) is 3.03. The highest BCUT2D eigenvalue weighted by Crippen LogP contribution is 2.28. The minimum absolute atomic E-state index is 0.0280. The van der Waals surface area contributed by atoms with E-state index in [1.165, 1.54) is 12.1 Å². The molecule has 2 unspecified atom stereocenters. The van der Waals surface area contributed by atoms with Crippen molar-refractivity contribution in [2.24, 2.45) is 5.92 Å². The van der Waals surface area contributed by atoms with Crippen LogP contribution in [0.3, 0.4) is 0 Å². The summed E-state index contributed by atoms with van der Waals surface area (Å²) in [6.45, 7) is 2.75. The Morgan fingerprint density at radius 2 is 2.28 bits per heavy atom. The van der Waals surface area contributed by atoms with Crippen LogP contribution in [0.5, 0.6) is 0 Å². The lowest BCUT2D eigenvalue weighted by Crippen LogP contribution is -2.38. The van der Waals surface area contributed by atoms with E-state index in [1.807, 2.05) is 0 Å². The Hall–Kier alpha value is -0.800. The highest BCUT2D eigenvalue weighted by molar-refractivity contribution is 6.33. The highest BCUT2D eigenvalue weighted by atomic mass is 35.5. The summed E-state index contributed by atoms with van der Waals surface area (Å²) in [5, 5.41) is 0.146. The van der Waals surface area contributed by atoms with Gasteiger partial charge in [-0.3, -0.25) is 4.79 Å². The first-order chi connectivity index (χ1) is 8.54. The van der Waals surface area contributed by atoms with Crippen molar-refractivity contribution in [2.45, 2.75) is 19.4 Å². The third-order valence-electron chi connectivity index (χ3n) is 3.46. The van der Waals surface area contributed by atoms with Gasteiger partial charge in [0.15, 0.2) is 0 Å². The van der Waals surface area contributed by atoms with Gasteiger partial charge in [0.2, 0.25) is 0 Å². The van der Waals surface area contributed by atoms with E-state index in [9.17, 15) is 9.18 Å². The first-order valence-corrected chi connectivity index (χ1v) is 6.78. The van der Waals surface area contributed by atoms with Gasteiger partial charge in [-0.1, -0.05) is 18.5 Å². The van der Waals surface area contributed by atoms with E-state index in [-0.39, 0.29) is 17.0 Å². The van der Waals surface area contributed by atoms with Crippen molar-refractivity contribution in [1.29, 1.82) is 0 Å². The Morgan fingerprint density at radius 3 is 2.89 bits per heavy atom.